The molecule has 1 N–H and O–H groups in total. The summed E-state index contributed by atoms with van der Waals surface area (Å²) in [6.07, 6.45) is -13.4. The number of para-hydroxylation sites is 1. The smallest absolute Gasteiger partial charge is 0.426 e. The van der Waals surface area contributed by atoms with Crippen LogP contribution in [-0.4, -0.2) is 46.8 Å². The summed E-state index contributed by atoms with van der Waals surface area (Å²) in [5, 5.41) is 9.70. The van der Waals surface area contributed by atoms with Gasteiger partial charge in [-0.15, -0.1) is 0 Å². The SMILES string of the molecule is COc1cccc([Si]CCCC(O)(C(F)(F)F)C(F)(F)F)c1OC. The maximum absolute atomic E-state index is 12.6. The molecule has 0 bridgehead atoms. The highest BCUT2D eigenvalue weighted by atomic mass is 28.2. The van der Waals surface area contributed by atoms with E-state index in [0.29, 0.717) is 16.7 Å². The van der Waals surface area contributed by atoms with Crippen molar-refractivity contribution in [3.63, 3.8) is 0 Å². The number of aliphatic hydroxyl groups is 1. The summed E-state index contributed by atoms with van der Waals surface area (Å²) < 4.78 is 85.6. The van der Waals surface area contributed by atoms with Gasteiger partial charge in [-0.3, -0.25) is 0 Å². The van der Waals surface area contributed by atoms with Crippen LogP contribution in [0.2, 0.25) is 6.04 Å². The van der Waals surface area contributed by atoms with Gasteiger partial charge in [-0.05, 0) is 17.7 Å². The number of hydrogen-bond donors (Lipinski definition) is 1. The largest absolute Gasteiger partial charge is 0.493 e. The molecule has 0 saturated carbocycles. The molecule has 0 atom stereocenters. The zero-order valence-corrected chi connectivity index (χ0v) is 13.9. The third-order valence-corrected chi connectivity index (χ3v) is 4.75. The molecule has 0 aromatic heterocycles. The maximum atomic E-state index is 12.6. The van der Waals surface area contributed by atoms with Crippen LogP contribution in [0.4, 0.5) is 26.3 Å². The van der Waals surface area contributed by atoms with Crippen LogP contribution in [0.1, 0.15) is 12.8 Å². The normalized spacial score (nSPS) is 13.0. The predicted molar refractivity (Wildman–Crippen MR) is 76.0 cm³/mol. The molecule has 2 radical (unpaired) electrons. The fraction of sp³-hybridized carbons (Fsp3) is 0.571. The first-order valence-electron chi connectivity index (χ1n) is 6.78. The average molecular weight is 374 g/mol. The lowest BCUT2D eigenvalue weighted by Crippen LogP contribution is -2.56. The van der Waals surface area contributed by atoms with Crippen LogP contribution >= 0.6 is 0 Å². The second-order valence-electron chi connectivity index (χ2n) is 4.93. The summed E-state index contributed by atoms with van der Waals surface area (Å²) in [5.74, 6) is 0.810. The second kappa shape index (κ2) is 7.64. The lowest BCUT2D eigenvalue weighted by atomic mass is 9.97. The molecule has 0 fully saturated rings. The quantitative estimate of drug-likeness (QED) is 0.453. The van der Waals surface area contributed by atoms with E-state index in [0.717, 1.165) is 0 Å². The highest BCUT2D eigenvalue weighted by molar-refractivity contribution is 6.54. The Bertz CT molecular complexity index is 530. The first kappa shape index (κ1) is 20.6. The van der Waals surface area contributed by atoms with Gasteiger partial charge in [0, 0.05) is 0 Å². The van der Waals surface area contributed by atoms with Gasteiger partial charge in [-0.25, -0.2) is 0 Å². The van der Waals surface area contributed by atoms with Crippen LogP contribution in [0.3, 0.4) is 0 Å². The molecule has 1 aromatic rings. The van der Waals surface area contributed by atoms with E-state index in [9.17, 15) is 26.3 Å². The minimum absolute atomic E-state index is 0.0397. The Hall–Kier alpha value is -1.42. The van der Waals surface area contributed by atoms with Gasteiger partial charge in [0.15, 0.2) is 11.5 Å². The lowest BCUT2D eigenvalue weighted by Gasteiger charge is -2.32. The molecule has 0 aliphatic carbocycles. The number of alkyl halides is 6. The number of methoxy groups -OCH3 is 2. The van der Waals surface area contributed by atoms with Gasteiger partial charge in [0.2, 0.25) is 0 Å². The van der Waals surface area contributed by atoms with Gasteiger partial charge < -0.3 is 14.6 Å². The fourth-order valence-corrected chi connectivity index (χ4v) is 3.26. The van der Waals surface area contributed by atoms with E-state index in [1.165, 1.54) is 14.2 Å². The van der Waals surface area contributed by atoms with Crippen molar-refractivity contribution in [3.8, 4) is 11.5 Å². The van der Waals surface area contributed by atoms with E-state index in [-0.39, 0.29) is 15.6 Å². The summed E-state index contributed by atoms with van der Waals surface area (Å²) in [6.45, 7) is 0. The Kier molecular flexibility index (Phi) is 6.57. The monoisotopic (exact) mass is 374 g/mol. The van der Waals surface area contributed by atoms with Crippen molar-refractivity contribution in [1.82, 2.24) is 0 Å². The van der Waals surface area contributed by atoms with E-state index in [1.54, 1.807) is 18.2 Å². The summed E-state index contributed by atoms with van der Waals surface area (Å²) in [4.78, 5) is 0. The lowest BCUT2D eigenvalue weighted by molar-refractivity contribution is -0.369. The highest BCUT2D eigenvalue weighted by Gasteiger charge is 2.69. The standard InChI is InChI=1S/C14H16F6O3Si/c1-22-9-5-3-6-10(11(9)23-2)24-8-4-7-12(21,13(15,16)17)14(18,19)20/h3,5-6,21H,4,7-8H2,1-2H3. The topological polar surface area (TPSA) is 38.7 Å². The molecule has 0 unspecified atom stereocenters. The zero-order chi connectivity index (χ0) is 18.6. The van der Waals surface area contributed by atoms with Crippen molar-refractivity contribution >= 4 is 14.7 Å². The van der Waals surface area contributed by atoms with Gasteiger partial charge >= 0.3 is 12.4 Å². The predicted octanol–water partition coefficient (Wildman–Crippen LogP) is 3.09. The third-order valence-electron chi connectivity index (χ3n) is 3.37. The first-order valence-corrected chi connectivity index (χ1v) is 7.99. The van der Waals surface area contributed by atoms with Gasteiger partial charge in [-0.2, -0.15) is 26.3 Å². The van der Waals surface area contributed by atoms with Crippen molar-refractivity contribution in [2.75, 3.05) is 14.2 Å². The molecule has 0 heterocycles. The Balaban J connectivity index is 2.75. The molecular weight excluding hydrogens is 358 g/mol. The van der Waals surface area contributed by atoms with E-state index >= 15 is 0 Å². The summed E-state index contributed by atoms with van der Waals surface area (Å²) in [6, 6.07) is 4.96. The van der Waals surface area contributed by atoms with Crippen molar-refractivity contribution in [2.24, 2.45) is 0 Å². The maximum Gasteiger partial charge on any atom is 0.426 e. The van der Waals surface area contributed by atoms with Crippen LogP contribution in [0.25, 0.3) is 0 Å². The Labute approximate surface area is 137 Å². The molecule has 1 aromatic carbocycles. The minimum Gasteiger partial charge on any atom is -0.493 e. The van der Waals surface area contributed by atoms with Gasteiger partial charge in [0.05, 0.1) is 23.7 Å². The molecule has 136 valence electrons. The summed E-state index contributed by atoms with van der Waals surface area (Å²) in [5.41, 5.74) is -4.69. The van der Waals surface area contributed by atoms with Gasteiger partial charge in [0.25, 0.3) is 5.60 Å². The fourth-order valence-electron chi connectivity index (χ4n) is 2.04. The summed E-state index contributed by atoms with van der Waals surface area (Å²) >= 11 is 0. The molecule has 0 aliphatic heterocycles. The average Bonchev–Trinajstić information content (AvgIpc) is 2.48. The molecule has 0 aliphatic rings. The zero-order valence-electron chi connectivity index (χ0n) is 12.9. The minimum atomic E-state index is -5.78. The molecule has 3 nitrogen and oxygen atoms in total. The van der Waals surface area contributed by atoms with E-state index in [1.807, 2.05) is 0 Å². The Morgan fingerprint density at radius 3 is 2.04 bits per heavy atom. The molecule has 24 heavy (non-hydrogen) atoms. The summed E-state index contributed by atoms with van der Waals surface area (Å²) in [7, 11) is 2.71. The van der Waals surface area contributed by atoms with Crippen molar-refractivity contribution < 1.29 is 40.9 Å². The van der Waals surface area contributed by atoms with Crippen molar-refractivity contribution in [1.29, 1.82) is 0 Å². The molecule has 10 heteroatoms. The Morgan fingerprint density at radius 2 is 1.58 bits per heavy atom. The van der Waals surface area contributed by atoms with Crippen LogP contribution in [-0.2, 0) is 0 Å². The third kappa shape index (κ3) is 4.35. The van der Waals surface area contributed by atoms with E-state index < -0.39 is 30.8 Å². The van der Waals surface area contributed by atoms with Crippen LogP contribution in [0.5, 0.6) is 11.5 Å². The van der Waals surface area contributed by atoms with Crippen molar-refractivity contribution in [2.45, 2.75) is 36.8 Å². The number of rotatable bonds is 7. The molecule has 0 spiro atoms. The molecule has 0 amide bonds. The highest BCUT2D eigenvalue weighted by Crippen LogP contribution is 2.46. The van der Waals surface area contributed by atoms with Crippen LogP contribution in [0.15, 0.2) is 18.2 Å². The number of benzene rings is 1. The number of ether oxygens (including phenoxy) is 2. The molecule has 1 rings (SSSR count). The first-order chi connectivity index (χ1) is 11.0. The van der Waals surface area contributed by atoms with Crippen LogP contribution in [0, 0.1) is 0 Å². The Morgan fingerprint density at radius 1 is 1.00 bits per heavy atom. The number of halogens is 6. The van der Waals surface area contributed by atoms with Gasteiger partial charge in [0.1, 0.15) is 0 Å². The van der Waals surface area contributed by atoms with Crippen LogP contribution < -0.4 is 14.7 Å². The molecule has 0 saturated heterocycles. The van der Waals surface area contributed by atoms with E-state index in [2.05, 4.69) is 0 Å². The molecular formula is C14H16F6O3Si. The van der Waals surface area contributed by atoms with Gasteiger partial charge in [-0.1, -0.05) is 24.6 Å². The van der Waals surface area contributed by atoms with E-state index in [4.69, 9.17) is 14.6 Å². The number of hydrogen-bond acceptors (Lipinski definition) is 3. The second-order valence-corrected chi connectivity index (χ2v) is 6.32. The van der Waals surface area contributed by atoms with Crippen molar-refractivity contribution in [3.05, 3.63) is 18.2 Å².